The zero-order valence-corrected chi connectivity index (χ0v) is 11.3. The summed E-state index contributed by atoms with van der Waals surface area (Å²) in [6, 6.07) is 8.05. The zero-order valence-electron chi connectivity index (χ0n) is 11.3. The van der Waals surface area contributed by atoms with Gasteiger partial charge in [0.1, 0.15) is 0 Å². The molecule has 0 radical (unpaired) electrons. The average Bonchev–Trinajstić information content (AvgIpc) is 2.44. The first-order valence-electron chi connectivity index (χ1n) is 6.42. The fraction of sp³-hybridized carbons (Fsp3) is 0.357. The molecule has 0 saturated heterocycles. The van der Waals surface area contributed by atoms with Crippen LogP contribution in [0.4, 0.5) is 5.82 Å². The van der Waals surface area contributed by atoms with E-state index in [1.165, 1.54) is 0 Å². The number of nitrogens with one attached hydrogen (secondary N) is 1. The molecule has 0 aliphatic carbocycles. The van der Waals surface area contributed by atoms with Crippen LogP contribution >= 0.6 is 0 Å². The number of nitrogens with two attached hydrogens (primary N) is 1. The maximum atomic E-state index is 7.51. The van der Waals surface area contributed by atoms with Gasteiger partial charge in [-0.05, 0) is 6.92 Å². The first kappa shape index (κ1) is 13.3. The molecule has 0 saturated carbocycles. The molecular formula is C14H19N5. The highest BCUT2D eigenvalue weighted by Crippen LogP contribution is 2.23. The standard InChI is InChI=1S/C14H19N5/c1-3-19(9-10(2)13(15)16)14-12-7-5-4-6-11(12)8-17-18-14/h4-8,10H,3,9H2,1-2H3,(H3,15,16). The molecule has 0 fully saturated rings. The molecule has 5 nitrogen and oxygen atoms in total. The predicted molar refractivity (Wildman–Crippen MR) is 78.5 cm³/mol. The number of benzene rings is 1. The molecular weight excluding hydrogens is 238 g/mol. The van der Waals surface area contributed by atoms with Gasteiger partial charge in [0.2, 0.25) is 0 Å². The fourth-order valence-corrected chi connectivity index (χ4v) is 2.04. The van der Waals surface area contributed by atoms with Gasteiger partial charge in [-0.25, -0.2) is 0 Å². The van der Waals surface area contributed by atoms with Crippen molar-refractivity contribution in [3.8, 4) is 0 Å². The third-order valence-corrected chi connectivity index (χ3v) is 3.26. The van der Waals surface area contributed by atoms with Crippen LogP contribution in [0.25, 0.3) is 10.8 Å². The van der Waals surface area contributed by atoms with Gasteiger partial charge >= 0.3 is 0 Å². The summed E-state index contributed by atoms with van der Waals surface area (Å²) in [6.45, 7) is 5.49. The molecule has 1 aromatic heterocycles. The van der Waals surface area contributed by atoms with Crippen molar-refractivity contribution >= 4 is 22.4 Å². The molecule has 5 heteroatoms. The third-order valence-electron chi connectivity index (χ3n) is 3.26. The van der Waals surface area contributed by atoms with Crippen molar-refractivity contribution in [2.45, 2.75) is 13.8 Å². The lowest BCUT2D eigenvalue weighted by atomic mass is 10.1. The van der Waals surface area contributed by atoms with E-state index in [9.17, 15) is 0 Å². The summed E-state index contributed by atoms with van der Waals surface area (Å²) in [5.41, 5.74) is 5.55. The summed E-state index contributed by atoms with van der Waals surface area (Å²) in [7, 11) is 0. The van der Waals surface area contributed by atoms with Gasteiger partial charge in [-0.2, -0.15) is 5.10 Å². The molecule has 1 unspecified atom stereocenters. The number of nitrogens with zero attached hydrogens (tertiary/aromatic N) is 3. The lowest BCUT2D eigenvalue weighted by Gasteiger charge is -2.25. The van der Waals surface area contributed by atoms with Crippen molar-refractivity contribution in [1.29, 1.82) is 5.41 Å². The number of aromatic nitrogens is 2. The SMILES string of the molecule is CCN(CC(C)C(=N)N)c1nncc2ccccc12. The number of anilines is 1. The zero-order chi connectivity index (χ0) is 13.8. The van der Waals surface area contributed by atoms with E-state index >= 15 is 0 Å². The van der Waals surface area contributed by atoms with E-state index < -0.39 is 0 Å². The van der Waals surface area contributed by atoms with Gasteiger partial charge in [-0.1, -0.05) is 31.2 Å². The van der Waals surface area contributed by atoms with Crippen LogP contribution in [0.2, 0.25) is 0 Å². The van der Waals surface area contributed by atoms with Crippen molar-refractivity contribution in [1.82, 2.24) is 10.2 Å². The van der Waals surface area contributed by atoms with E-state index in [1.807, 2.05) is 31.2 Å². The van der Waals surface area contributed by atoms with E-state index in [0.717, 1.165) is 23.1 Å². The normalized spacial score (nSPS) is 12.3. The molecule has 2 rings (SSSR count). The number of hydrogen-bond acceptors (Lipinski definition) is 4. The van der Waals surface area contributed by atoms with Crippen LogP contribution in [0, 0.1) is 11.3 Å². The van der Waals surface area contributed by atoms with Gasteiger partial charge in [0.05, 0.1) is 12.0 Å². The van der Waals surface area contributed by atoms with Crippen LogP contribution in [0.15, 0.2) is 30.5 Å². The van der Waals surface area contributed by atoms with E-state index in [-0.39, 0.29) is 11.8 Å². The minimum Gasteiger partial charge on any atom is -0.387 e. The fourth-order valence-electron chi connectivity index (χ4n) is 2.04. The van der Waals surface area contributed by atoms with Crippen LogP contribution in [0.1, 0.15) is 13.8 Å². The molecule has 3 N–H and O–H groups in total. The van der Waals surface area contributed by atoms with E-state index in [1.54, 1.807) is 6.20 Å². The van der Waals surface area contributed by atoms with Crippen LogP contribution in [0.3, 0.4) is 0 Å². The maximum absolute atomic E-state index is 7.51. The molecule has 100 valence electrons. The smallest absolute Gasteiger partial charge is 0.159 e. The minimum atomic E-state index is 0.000665. The Kier molecular flexibility index (Phi) is 3.94. The number of fused-ring (bicyclic) bond motifs is 1. The third kappa shape index (κ3) is 2.81. The topological polar surface area (TPSA) is 78.9 Å². The van der Waals surface area contributed by atoms with Crippen LogP contribution in [-0.4, -0.2) is 29.1 Å². The maximum Gasteiger partial charge on any atom is 0.159 e. The molecule has 0 bridgehead atoms. The Bertz CT molecular complexity index is 576. The molecule has 0 aliphatic rings. The molecule has 1 aromatic carbocycles. The molecule has 1 heterocycles. The van der Waals surface area contributed by atoms with E-state index in [0.29, 0.717) is 6.54 Å². The van der Waals surface area contributed by atoms with Crippen LogP contribution in [0.5, 0.6) is 0 Å². The van der Waals surface area contributed by atoms with Gasteiger partial charge in [-0.3, -0.25) is 5.41 Å². The lowest BCUT2D eigenvalue weighted by Crippen LogP contribution is -2.35. The molecule has 0 aliphatic heterocycles. The van der Waals surface area contributed by atoms with Gasteiger partial charge < -0.3 is 10.6 Å². The second-order valence-electron chi connectivity index (χ2n) is 4.65. The quantitative estimate of drug-likeness (QED) is 0.634. The molecule has 2 aromatic rings. The number of hydrogen-bond donors (Lipinski definition) is 2. The number of rotatable bonds is 5. The largest absolute Gasteiger partial charge is 0.387 e. The second kappa shape index (κ2) is 5.65. The van der Waals surface area contributed by atoms with Gasteiger partial charge in [0, 0.05) is 29.8 Å². The molecule has 0 spiro atoms. The van der Waals surface area contributed by atoms with Crippen molar-refractivity contribution < 1.29 is 0 Å². The average molecular weight is 257 g/mol. The number of amidine groups is 1. The monoisotopic (exact) mass is 257 g/mol. The summed E-state index contributed by atoms with van der Waals surface area (Å²) in [5, 5.41) is 18.0. The highest BCUT2D eigenvalue weighted by atomic mass is 15.3. The summed E-state index contributed by atoms with van der Waals surface area (Å²) in [4.78, 5) is 2.11. The van der Waals surface area contributed by atoms with E-state index in [2.05, 4.69) is 22.0 Å². The molecule has 1 atom stereocenters. The van der Waals surface area contributed by atoms with Gasteiger partial charge in [0.15, 0.2) is 5.82 Å². The first-order chi connectivity index (χ1) is 9.13. The highest BCUT2D eigenvalue weighted by molar-refractivity contribution is 5.91. The van der Waals surface area contributed by atoms with Crippen molar-refractivity contribution in [2.24, 2.45) is 11.7 Å². The summed E-state index contributed by atoms with van der Waals surface area (Å²) >= 11 is 0. The molecule has 19 heavy (non-hydrogen) atoms. The Labute approximate surface area is 112 Å². The van der Waals surface area contributed by atoms with Crippen molar-refractivity contribution in [2.75, 3.05) is 18.0 Å². The van der Waals surface area contributed by atoms with Crippen molar-refractivity contribution in [3.63, 3.8) is 0 Å². The Morgan fingerprint density at radius 3 is 2.84 bits per heavy atom. The Morgan fingerprint density at radius 1 is 1.42 bits per heavy atom. The lowest BCUT2D eigenvalue weighted by molar-refractivity contribution is 0.688. The van der Waals surface area contributed by atoms with Gasteiger partial charge in [0.25, 0.3) is 0 Å². The van der Waals surface area contributed by atoms with Gasteiger partial charge in [-0.15, -0.1) is 5.10 Å². The molecule has 0 amide bonds. The summed E-state index contributed by atoms with van der Waals surface area (Å²) < 4.78 is 0. The van der Waals surface area contributed by atoms with E-state index in [4.69, 9.17) is 11.1 Å². The predicted octanol–water partition coefficient (Wildman–Crippen LogP) is 2.03. The Hall–Kier alpha value is -2.17. The Morgan fingerprint density at radius 2 is 2.16 bits per heavy atom. The summed E-state index contributed by atoms with van der Waals surface area (Å²) in [6.07, 6.45) is 1.76. The van der Waals surface area contributed by atoms with Crippen LogP contribution in [-0.2, 0) is 0 Å². The Balaban J connectivity index is 2.38. The first-order valence-corrected chi connectivity index (χ1v) is 6.42. The van der Waals surface area contributed by atoms with Crippen molar-refractivity contribution in [3.05, 3.63) is 30.5 Å². The minimum absolute atomic E-state index is 0.000665. The summed E-state index contributed by atoms with van der Waals surface area (Å²) in [5.74, 6) is 1.06. The highest BCUT2D eigenvalue weighted by Gasteiger charge is 2.15. The van der Waals surface area contributed by atoms with Crippen LogP contribution < -0.4 is 10.6 Å². The second-order valence-corrected chi connectivity index (χ2v) is 4.65.